The van der Waals surface area contributed by atoms with Gasteiger partial charge in [0, 0.05) is 11.1 Å². The van der Waals surface area contributed by atoms with Crippen molar-refractivity contribution in [2.24, 2.45) is 0 Å². The number of carbonyl (C=O) groups is 1. The standard InChI is InChI=1S/C15H13NO4/c1-7-8(2)19-9(3)13(7)14(17)10-4-5-11-12(6-10)20-15(18)16-11/h4-6H,1-3H3,(H,16,18). The van der Waals surface area contributed by atoms with Crippen molar-refractivity contribution in [3.8, 4) is 0 Å². The maximum absolute atomic E-state index is 12.6. The molecule has 0 atom stereocenters. The lowest BCUT2D eigenvalue weighted by molar-refractivity contribution is 0.103. The SMILES string of the molecule is Cc1oc(C)c(C(=O)c2ccc3[nH]c(=O)oc3c2)c1C. The number of benzene rings is 1. The average molecular weight is 271 g/mol. The number of hydrogen-bond donors (Lipinski definition) is 1. The number of furan rings is 1. The maximum Gasteiger partial charge on any atom is 0.417 e. The van der Waals surface area contributed by atoms with Crippen molar-refractivity contribution in [3.05, 3.63) is 57.0 Å². The Hall–Kier alpha value is -2.56. The first-order valence-corrected chi connectivity index (χ1v) is 6.21. The van der Waals surface area contributed by atoms with Gasteiger partial charge in [-0.2, -0.15) is 0 Å². The number of aryl methyl sites for hydroxylation is 2. The van der Waals surface area contributed by atoms with Crippen LogP contribution in [0.3, 0.4) is 0 Å². The number of oxazole rings is 1. The second-order valence-corrected chi connectivity index (χ2v) is 4.77. The molecular weight excluding hydrogens is 258 g/mol. The summed E-state index contributed by atoms with van der Waals surface area (Å²) < 4.78 is 10.5. The summed E-state index contributed by atoms with van der Waals surface area (Å²) in [6, 6.07) is 4.89. The topological polar surface area (TPSA) is 76.2 Å². The van der Waals surface area contributed by atoms with Crippen LogP contribution in [-0.2, 0) is 0 Å². The highest BCUT2D eigenvalue weighted by Crippen LogP contribution is 2.24. The highest BCUT2D eigenvalue weighted by molar-refractivity contribution is 6.11. The van der Waals surface area contributed by atoms with Crippen molar-refractivity contribution in [3.63, 3.8) is 0 Å². The van der Waals surface area contributed by atoms with Gasteiger partial charge in [0.05, 0.1) is 11.1 Å². The van der Waals surface area contributed by atoms with E-state index in [-0.39, 0.29) is 5.78 Å². The second kappa shape index (κ2) is 4.23. The molecule has 1 aromatic carbocycles. The molecule has 3 rings (SSSR count). The summed E-state index contributed by atoms with van der Waals surface area (Å²) in [6.45, 7) is 5.45. The third-order valence-corrected chi connectivity index (χ3v) is 3.47. The van der Waals surface area contributed by atoms with Crippen LogP contribution in [0.1, 0.15) is 33.0 Å². The molecule has 0 aliphatic carbocycles. The molecule has 1 N–H and O–H groups in total. The van der Waals surface area contributed by atoms with E-state index in [1.807, 2.05) is 13.8 Å². The van der Waals surface area contributed by atoms with Crippen LogP contribution in [0, 0.1) is 20.8 Å². The second-order valence-electron chi connectivity index (χ2n) is 4.77. The fraction of sp³-hybridized carbons (Fsp3) is 0.200. The van der Waals surface area contributed by atoms with Gasteiger partial charge in [-0.15, -0.1) is 0 Å². The van der Waals surface area contributed by atoms with E-state index in [1.54, 1.807) is 25.1 Å². The number of fused-ring (bicyclic) bond motifs is 1. The van der Waals surface area contributed by atoms with Crippen LogP contribution < -0.4 is 5.76 Å². The minimum atomic E-state index is -0.531. The predicted molar refractivity (Wildman–Crippen MR) is 73.2 cm³/mol. The van der Waals surface area contributed by atoms with Crippen LogP contribution in [0.25, 0.3) is 11.1 Å². The summed E-state index contributed by atoms with van der Waals surface area (Å²) in [7, 11) is 0. The van der Waals surface area contributed by atoms with E-state index < -0.39 is 5.76 Å². The van der Waals surface area contributed by atoms with E-state index in [1.165, 1.54) is 0 Å². The lowest BCUT2D eigenvalue weighted by Crippen LogP contribution is -2.03. The fourth-order valence-corrected chi connectivity index (χ4v) is 2.36. The number of hydrogen-bond acceptors (Lipinski definition) is 4. The van der Waals surface area contributed by atoms with Crippen molar-refractivity contribution >= 4 is 16.9 Å². The predicted octanol–water partition coefficient (Wildman–Crippen LogP) is 2.87. The van der Waals surface area contributed by atoms with Crippen molar-refractivity contribution in [2.45, 2.75) is 20.8 Å². The molecule has 0 radical (unpaired) electrons. The largest absolute Gasteiger partial charge is 0.466 e. The Morgan fingerprint density at radius 1 is 1.10 bits per heavy atom. The summed E-state index contributed by atoms with van der Waals surface area (Å²) in [6.07, 6.45) is 0. The van der Waals surface area contributed by atoms with Crippen LogP contribution in [0.5, 0.6) is 0 Å². The molecule has 3 aromatic rings. The Morgan fingerprint density at radius 2 is 1.85 bits per heavy atom. The molecule has 0 fully saturated rings. The number of nitrogens with one attached hydrogen (secondary N) is 1. The molecule has 5 nitrogen and oxygen atoms in total. The molecule has 0 unspecified atom stereocenters. The van der Waals surface area contributed by atoms with Gasteiger partial charge < -0.3 is 8.83 Å². The van der Waals surface area contributed by atoms with Crippen LogP contribution in [-0.4, -0.2) is 10.8 Å². The van der Waals surface area contributed by atoms with Crippen molar-refractivity contribution in [1.29, 1.82) is 0 Å². The minimum absolute atomic E-state index is 0.136. The van der Waals surface area contributed by atoms with Gasteiger partial charge in [0.25, 0.3) is 0 Å². The van der Waals surface area contributed by atoms with Gasteiger partial charge in [-0.25, -0.2) is 4.79 Å². The Morgan fingerprint density at radius 3 is 2.50 bits per heavy atom. The Kier molecular flexibility index (Phi) is 2.64. The number of rotatable bonds is 2. The first-order chi connectivity index (χ1) is 9.47. The van der Waals surface area contributed by atoms with E-state index in [2.05, 4.69) is 4.98 Å². The number of ketones is 1. The Labute approximate surface area is 114 Å². The summed E-state index contributed by atoms with van der Waals surface area (Å²) in [5.74, 6) is 0.666. The van der Waals surface area contributed by atoms with Gasteiger partial charge in [-0.3, -0.25) is 9.78 Å². The quantitative estimate of drug-likeness (QED) is 0.727. The third kappa shape index (κ3) is 1.79. The summed E-state index contributed by atoms with van der Waals surface area (Å²) in [4.78, 5) is 26.2. The molecule has 0 spiro atoms. The number of aromatic amines is 1. The van der Waals surface area contributed by atoms with Gasteiger partial charge in [-0.1, -0.05) is 0 Å². The minimum Gasteiger partial charge on any atom is -0.466 e. The average Bonchev–Trinajstić information content (AvgIpc) is 2.87. The fourth-order valence-electron chi connectivity index (χ4n) is 2.36. The lowest BCUT2D eigenvalue weighted by atomic mass is 9.99. The van der Waals surface area contributed by atoms with E-state index in [0.717, 1.165) is 11.3 Å². The maximum atomic E-state index is 12.6. The zero-order valence-corrected chi connectivity index (χ0v) is 11.4. The van der Waals surface area contributed by atoms with Gasteiger partial charge in [0.2, 0.25) is 0 Å². The molecule has 102 valence electrons. The molecule has 2 aromatic heterocycles. The Balaban J connectivity index is 2.14. The molecule has 0 aliphatic heterocycles. The lowest BCUT2D eigenvalue weighted by Gasteiger charge is -2.01. The monoisotopic (exact) mass is 271 g/mol. The highest BCUT2D eigenvalue weighted by Gasteiger charge is 2.20. The molecule has 0 aliphatic rings. The van der Waals surface area contributed by atoms with Gasteiger partial charge in [0.15, 0.2) is 11.4 Å². The normalized spacial score (nSPS) is 11.2. The first kappa shape index (κ1) is 12.5. The third-order valence-electron chi connectivity index (χ3n) is 3.47. The van der Waals surface area contributed by atoms with Crippen molar-refractivity contribution in [2.75, 3.05) is 0 Å². The Bertz CT molecular complexity index is 879. The molecule has 0 bridgehead atoms. The molecular formula is C15H13NO4. The number of H-pyrrole nitrogens is 1. The molecule has 0 saturated heterocycles. The van der Waals surface area contributed by atoms with Gasteiger partial charge in [-0.05, 0) is 39.0 Å². The van der Waals surface area contributed by atoms with Crippen LogP contribution in [0.15, 0.2) is 31.8 Å². The molecule has 2 heterocycles. The van der Waals surface area contributed by atoms with Gasteiger partial charge in [0.1, 0.15) is 11.5 Å². The van der Waals surface area contributed by atoms with E-state index in [0.29, 0.717) is 28.0 Å². The smallest absolute Gasteiger partial charge is 0.417 e. The summed E-state index contributed by atoms with van der Waals surface area (Å²) >= 11 is 0. The number of aromatic nitrogens is 1. The summed E-state index contributed by atoms with van der Waals surface area (Å²) in [5.41, 5.74) is 2.81. The van der Waals surface area contributed by atoms with Gasteiger partial charge >= 0.3 is 5.76 Å². The van der Waals surface area contributed by atoms with Crippen LogP contribution in [0.4, 0.5) is 0 Å². The molecule has 0 saturated carbocycles. The highest BCUT2D eigenvalue weighted by atomic mass is 16.4. The van der Waals surface area contributed by atoms with E-state index in [9.17, 15) is 9.59 Å². The van der Waals surface area contributed by atoms with Crippen molar-refractivity contribution < 1.29 is 13.6 Å². The summed E-state index contributed by atoms with van der Waals surface area (Å²) in [5, 5.41) is 0. The zero-order chi connectivity index (χ0) is 14.4. The first-order valence-electron chi connectivity index (χ1n) is 6.21. The van der Waals surface area contributed by atoms with E-state index >= 15 is 0 Å². The zero-order valence-electron chi connectivity index (χ0n) is 11.4. The van der Waals surface area contributed by atoms with Crippen LogP contribution in [0.2, 0.25) is 0 Å². The number of carbonyl (C=O) groups excluding carboxylic acids is 1. The molecule has 20 heavy (non-hydrogen) atoms. The van der Waals surface area contributed by atoms with Crippen LogP contribution >= 0.6 is 0 Å². The van der Waals surface area contributed by atoms with Crippen molar-refractivity contribution in [1.82, 2.24) is 4.98 Å². The van der Waals surface area contributed by atoms with E-state index in [4.69, 9.17) is 8.83 Å². The molecule has 0 amide bonds. The molecule has 5 heteroatoms.